The Kier molecular flexibility index (Phi) is 6.16. The number of halogens is 1. The number of ether oxygens (including phenoxy) is 2. The van der Waals surface area contributed by atoms with Gasteiger partial charge >= 0.3 is 0 Å². The summed E-state index contributed by atoms with van der Waals surface area (Å²) in [7, 11) is 0. The Labute approximate surface area is 174 Å². The molecular formula is C24H25FN2O3. The van der Waals surface area contributed by atoms with Gasteiger partial charge in [-0.2, -0.15) is 0 Å². The predicted molar refractivity (Wildman–Crippen MR) is 117 cm³/mol. The van der Waals surface area contributed by atoms with E-state index in [1.807, 2.05) is 36.4 Å². The number of para-hydroxylation sites is 1. The fourth-order valence-corrected chi connectivity index (χ4v) is 3.51. The van der Waals surface area contributed by atoms with E-state index >= 15 is 0 Å². The Morgan fingerprint density at radius 3 is 2.70 bits per heavy atom. The number of fused-ring (bicyclic) bond motifs is 3. The number of aryl methyl sites for hydroxylation is 1. The molecule has 3 aromatic carbocycles. The summed E-state index contributed by atoms with van der Waals surface area (Å²) in [6.07, 6.45) is -0.655. The van der Waals surface area contributed by atoms with Crippen LogP contribution in [0, 0.1) is 12.7 Å². The van der Waals surface area contributed by atoms with Gasteiger partial charge in [-0.25, -0.2) is 4.39 Å². The molecule has 156 valence electrons. The van der Waals surface area contributed by atoms with Crippen LogP contribution >= 0.6 is 0 Å². The number of H-pyrrole nitrogens is 1. The van der Waals surface area contributed by atoms with E-state index in [9.17, 15) is 9.50 Å². The zero-order chi connectivity index (χ0) is 20.9. The molecular weight excluding hydrogens is 383 g/mol. The maximum Gasteiger partial charge on any atom is 0.129 e. The average molecular weight is 408 g/mol. The van der Waals surface area contributed by atoms with Crippen LogP contribution in [0.15, 0.2) is 60.7 Å². The predicted octanol–water partition coefficient (Wildman–Crippen LogP) is 4.18. The topological polar surface area (TPSA) is 66.5 Å². The molecule has 0 saturated carbocycles. The van der Waals surface area contributed by atoms with Crippen molar-refractivity contribution in [2.24, 2.45) is 0 Å². The molecule has 30 heavy (non-hydrogen) atoms. The van der Waals surface area contributed by atoms with Gasteiger partial charge in [-0.05, 0) is 48.9 Å². The van der Waals surface area contributed by atoms with Crippen LogP contribution in [0.25, 0.3) is 21.8 Å². The van der Waals surface area contributed by atoms with Crippen molar-refractivity contribution in [2.45, 2.75) is 13.0 Å². The molecule has 0 bridgehead atoms. The molecule has 0 aliphatic carbocycles. The van der Waals surface area contributed by atoms with Crippen LogP contribution in [0.2, 0.25) is 0 Å². The molecule has 0 aliphatic rings. The summed E-state index contributed by atoms with van der Waals surface area (Å²) in [6.45, 7) is 3.36. The highest BCUT2D eigenvalue weighted by Crippen LogP contribution is 2.32. The fraction of sp³-hybridized carbons (Fsp3) is 0.250. The maximum atomic E-state index is 13.1. The molecule has 0 fully saturated rings. The third-order valence-corrected chi connectivity index (χ3v) is 4.98. The highest BCUT2D eigenvalue weighted by atomic mass is 19.1. The molecule has 5 nitrogen and oxygen atoms in total. The van der Waals surface area contributed by atoms with E-state index in [0.29, 0.717) is 25.4 Å². The average Bonchev–Trinajstić information content (AvgIpc) is 3.12. The van der Waals surface area contributed by atoms with Crippen molar-refractivity contribution in [3.63, 3.8) is 0 Å². The summed E-state index contributed by atoms with van der Waals surface area (Å²) in [4.78, 5) is 3.39. The van der Waals surface area contributed by atoms with Crippen molar-refractivity contribution in [3.05, 3.63) is 72.0 Å². The molecule has 1 atom stereocenters. The number of aliphatic hydroxyl groups excluding tert-OH is 1. The molecule has 4 aromatic rings. The summed E-state index contributed by atoms with van der Waals surface area (Å²) >= 11 is 0. The molecule has 1 aromatic heterocycles. The Hall–Kier alpha value is -3.09. The van der Waals surface area contributed by atoms with Crippen molar-refractivity contribution in [2.75, 3.05) is 26.3 Å². The number of rotatable bonds is 9. The van der Waals surface area contributed by atoms with Gasteiger partial charge in [0.1, 0.15) is 36.6 Å². The van der Waals surface area contributed by atoms with Crippen LogP contribution in [0.4, 0.5) is 4.39 Å². The first-order chi connectivity index (χ1) is 14.6. The standard InChI is InChI=1S/C24H25FN2O3/c1-16-13-17(25)9-10-22(16)29-12-11-26-14-18(28)15-30-23-8-4-7-21-24(23)19-5-2-3-6-20(19)27-21/h2-10,13,18,26-28H,11-12,14-15H2,1H3. The second-order valence-corrected chi connectivity index (χ2v) is 7.28. The zero-order valence-electron chi connectivity index (χ0n) is 16.8. The quantitative estimate of drug-likeness (QED) is 0.364. The number of hydrogen-bond donors (Lipinski definition) is 3. The summed E-state index contributed by atoms with van der Waals surface area (Å²) < 4.78 is 24.7. The third-order valence-electron chi connectivity index (χ3n) is 4.98. The number of aromatic nitrogens is 1. The lowest BCUT2D eigenvalue weighted by molar-refractivity contribution is 0.106. The van der Waals surface area contributed by atoms with Gasteiger partial charge in [0.25, 0.3) is 0 Å². The largest absolute Gasteiger partial charge is 0.492 e. The minimum atomic E-state index is -0.655. The molecule has 4 rings (SSSR count). The van der Waals surface area contributed by atoms with E-state index in [4.69, 9.17) is 9.47 Å². The van der Waals surface area contributed by atoms with Gasteiger partial charge in [0.05, 0.1) is 5.52 Å². The lowest BCUT2D eigenvalue weighted by Gasteiger charge is -2.15. The van der Waals surface area contributed by atoms with Gasteiger partial charge in [-0.15, -0.1) is 0 Å². The van der Waals surface area contributed by atoms with Crippen molar-refractivity contribution in [1.29, 1.82) is 0 Å². The van der Waals surface area contributed by atoms with Crippen molar-refractivity contribution in [3.8, 4) is 11.5 Å². The molecule has 0 aliphatic heterocycles. The minimum Gasteiger partial charge on any atom is -0.492 e. The third kappa shape index (κ3) is 4.56. The Morgan fingerprint density at radius 1 is 1.00 bits per heavy atom. The van der Waals surface area contributed by atoms with Gasteiger partial charge < -0.3 is 24.9 Å². The maximum absolute atomic E-state index is 13.1. The second-order valence-electron chi connectivity index (χ2n) is 7.28. The van der Waals surface area contributed by atoms with E-state index in [0.717, 1.165) is 33.1 Å². The van der Waals surface area contributed by atoms with Crippen LogP contribution in [0.3, 0.4) is 0 Å². The lowest BCUT2D eigenvalue weighted by Crippen LogP contribution is -2.33. The summed E-state index contributed by atoms with van der Waals surface area (Å²) in [5.41, 5.74) is 2.83. The van der Waals surface area contributed by atoms with Crippen molar-refractivity contribution < 1.29 is 19.0 Å². The monoisotopic (exact) mass is 408 g/mol. The molecule has 1 heterocycles. The Morgan fingerprint density at radius 2 is 1.83 bits per heavy atom. The van der Waals surface area contributed by atoms with E-state index < -0.39 is 6.10 Å². The number of nitrogens with one attached hydrogen (secondary N) is 2. The molecule has 3 N–H and O–H groups in total. The zero-order valence-corrected chi connectivity index (χ0v) is 16.8. The van der Waals surface area contributed by atoms with E-state index in [1.54, 1.807) is 13.0 Å². The molecule has 0 saturated heterocycles. The van der Waals surface area contributed by atoms with Gasteiger partial charge in [0, 0.05) is 29.4 Å². The molecule has 0 spiro atoms. The molecule has 1 unspecified atom stereocenters. The summed E-state index contributed by atoms with van der Waals surface area (Å²) in [5, 5.41) is 15.5. The second kappa shape index (κ2) is 9.15. The van der Waals surface area contributed by atoms with Crippen molar-refractivity contribution in [1.82, 2.24) is 10.3 Å². The first-order valence-corrected chi connectivity index (χ1v) is 10.0. The Balaban J connectivity index is 1.26. The van der Waals surface area contributed by atoms with Gasteiger partial charge in [0.2, 0.25) is 0 Å². The van der Waals surface area contributed by atoms with Gasteiger partial charge in [0.15, 0.2) is 0 Å². The minimum absolute atomic E-state index is 0.184. The molecule has 0 radical (unpaired) electrons. The number of benzene rings is 3. The lowest BCUT2D eigenvalue weighted by atomic mass is 10.1. The summed E-state index contributed by atoms with van der Waals surface area (Å²) in [5.74, 6) is 1.14. The summed E-state index contributed by atoms with van der Waals surface area (Å²) in [6, 6.07) is 18.4. The smallest absolute Gasteiger partial charge is 0.129 e. The molecule has 0 amide bonds. The normalized spacial score (nSPS) is 12.4. The Bertz CT molecular complexity index is 1140. The van der Waals surface area contributed by atoms with E-state index in [-0.39, 0.29) is 12.4 Å². The number of aliphatic hydroxyl groups is 1. The van der Waals surface area contributed by atoms with E-state index in [2.05, 4.69) is 16.4 Å². The van der Waals surface area contributed by atoms with Crippen LogP contribution < -0.4 is 14.8 Å². The van der Waals surface area contributed by atoms with Gasteiger partial charge in [-0.1, -0.05) is 24.3 Å². The van der Waals surface area contributed by atoms with Crippen LogP contribution in [0.1, 0.15) is 5.56 Å². The first kappa shape index (κ1) is 20.2. The van der Waals surface area contributed by atoms with Crippen LogP contribution in [-0.4, -0.2) is 42.5 Å². The first-order valence-electron chi connectivity index (χ1n) is 10.0. The molecule has 6 heteroatoms. The highest BCUT2D eigenvalue weighted by molar-refractivity contribution is 6.10. The van der Waals surface area contributed by atoms with Crippen LogP contribution in [0.5, 0.6) is 11.5 Å². The number of hydrogen-bond acceptors (Lipinski definition) is 4. The van der Waals surface area contributed by atoms with Crippen molar-refractivity contribution >= 4 is 21.8 Å². The SMILES string of the molecule is Cc1cc(F)ccc1OCCNCC(O)COc1cccc2[nH]c3ccccc3c12. The van der Waals surface area contributed by atoms with E-state index in [1.165, 1.54) is 12.1 Å². The van der Waals surface area contributed by atoms with Gasteiger partial charge in [-0.3, -0.25) is 0 Å². The van der Waals surface area contributed by atoms with Crippen LogP contribution in [-0.2, 0) is 0 Å². The highest BCUT2D eigenvalue weighted by Gasteiger charge is 2.11. The fourth-order valence-electron chi connectivity index (χ4n) is 3.51. The number of aromatic amines is 1.